The molecule has 1 N–H and O–H groups in total. The summed E-state index contributed by atoms with van der Waals surface area (Å²) >= 11 is 0. The lowest BCUT2D eigenvalue weighted by molar-refractivity contribution is 0.0519. The topological polar surface area (TPSA) is 70.8 Å². The van der Waals surface area contributed by atoms with Crippen molar-refractivity contribution in [3.05, 3.63) is 34.4 Å². The number of aliphatic hydroxyl groups excluding tert-OH is 1. The maximum Gasteiger partial charge on any atom is 0.335 e. The van der Waals surface area contributed by atoms with Gasteiger partial charge in [-0.3, -0.25) is 4.79 Å². The molecule has 0 spiro atoms. The summed E-state index contributed by atoms with van der Waals surface area (Å²) in [5.41, 5.74) is -0.0653. The van der Waals surface area contributed by atoms with Crippen molar-refractivity contribution in [1.82, 2.24) is 4.90 Å². The zero-order valence-electron chi connectivity index (χ0n) is 10.3. The van der Waals surface area contributed by atoms with E-state index in [0.29, 0.717) is 18.7 Å². The van der Waals surface area contributed by atoms with Crippen LogP contribution in [-0.2, 0) is 0 Å². The van der Waals surface area contributed by atoms with Gasteiger partial charge in [0.2, 0.25) is 0 Å². The minimum atomic E-state index is -0.459. The van der Waals surface area contributed by atoms with Gasteiger partial charge in [-0.05, 0) is 31.7 Å². The first-order valence-electron chi connectivity index (χ1n) is 6.14. The van der Waals surface area contributed by atoms with Crippen molar-refractivity contribution in [2.75, 3.05) is 13.1 Å². The second-order valence-electron chi connectivity index (χ2n) is 4.71. The molecule has 18 heavy (non-hydrogen) atoms. The van der Waals surface area contributed by atoms with Gasteiger partial charge in [0, 0.05) is 19.2 Å². The van der Waals surface area contributed by atoms with Gasteiger partial charge < -0.3 is 14.4 Å². The van der Waals surface area contributed by atoms with Crippen LogP contribution in [0.1, 0.15) is 30.1 Å². The van der Waals surface area contributed by atoms with E-state index in [4.69, 9.17) is 0 Å². The number of carbonyl (C=O) groups is 1. The van der Waals surface area contributed by atoms with Crippen LogP contribution in [0.15, 0.2) is 27.6 Å². The first kappa shape index (κ1) is 12.8. The maximum atomic E-state index is 12.1. The highest BCUT2D eigenvalue weighted by Gasteiger charge is 2.26. The van der Waals surface area contributed by atoms with Gasteiger partial charge in [0.15, 0.2) is 0 Å². The molecule has 98 valence electrons. The van der Waals surface area contributed by atoms with Gasteiger partial charge >= 0.3 is 5.63 Å². The Bertz CT molecular complexity index is 452. The van der Waals surface area contributed by atoms with Crippen molar-refractivity contribution in [3.63, 3.8) is 0 Å². The van der Waals surface area contributed by atoms with E-state index in [1.165, 1.54) is 18.4 Å². The van der Waals surface area contributed by atoms with Crippen LogP contribution in [0.5, 0.6) is 0 Å². The lowest BCUT2D eigenvalue weighted by Gasteiger charge is -2.33. The number of carbonyl (C=O) groups excluding carboxylic acids is 1. The largest absolute Gasteiger partial charge is 0.430 e. The molecular formula is C13H17NO4. The molecule has 0 aromatic carbocycles. The fourth-order valence-corrected chi connectivity index (χ4v) is 2.25. The molecule has 1 fully saturated rings. The molecule has 1 aliphatic rings. The first-order valence-corrected chi connectivity index (χ1v) is 6.14. The average Bonchev–Trinajstić information content (AvgIpc) is 2.39. The van der Waals surface area contributed by atoms with E-state index < -0.39 is 5.63 Å². The van der Waals surface area contributed by atoms with Crippen LogP contribution in [0.4, 0.5) is 0 Å². The standard InChI is InChI=1S/C13H17NO4/c1-9(15)10-4-6-14(7-5-10)13(17)11-2-3-12(16)18-8-11/h2-3,8-10,15H,4-7H2,1H3. The first-order chi connectivity index (χ1) is 8.58. The Labute approximate surface area is 105 Å². The highest BCUT2D eigenvalue weighted by molar-refractivity contribution is 5.93. The van der Waals surface area contributed by atoms with Crippen molar-refractivity contribution < 1.29 is 14.3 Å². The Kier molecular flexibility index (Phi) is 3.81. The molecule has 5 heteroatoms. The zero-order chi connectivity index (χ0) is 13.1. The molecule has 1 amide bonds. The predicted octanol–water partition coefficient (Wildman–Crippen LogP) is 0.873. The quantitative estimate of drug-likeness (QED) is 0.846. The molecule has 1 unspecified atom stereocenters. The van der Waals surface area contributed by atoms with E-state index in [2.05, 4.69) is 4.42 Å². The van der Waals surface area contributed by atoms with E-state index in [1.54, 1.807) is 11.8 Å². The molecule has 5 nitrogen and oxygen atoms in total. The Morgan fingerprint density at radius 2 is 2.11 bits per heavy atom. The van der Waals surface area contributed by atoms with Crippen LogP contribution in [0.25, 0.3) is 0 Å². The second kappa shape index (κ2) is 5.35. The number of hydrogen-bond acceptors (Lipinski definition) is 4. The number of rotatable bonds is 2. The van der Waals surface area contributed by atoms with Crippen molar-refractivity contribution in [1.29, 1.82) is 0 Å². The summed E-state index contributed by atoms with van der Waals surface area (Å²) in [5, 5.41) is 9.50. The molecule has 0 saturated carbocycles. The van der Waals surface area contributed by atoms with Gasteiger partial charge in [-0.2, -0.15) is 0 Å². The van der Waals surface area contributed by atoms with Crippen LogP contribution < -0.4 is 5.63 Å². The van der Waals surface area contributed by atoms with Gasteiger partial charge in [-0.1, -0.05) is 0 Å². The predicted molar refractivity (Wildman–Crippen MR) is 65.3 cm³/mol. The second-order valence-corrected chi connectivity index (χ2v) is 4.71. The van der Waals surface area contributed by atoms with Crippen molar-refractivity contribution >= 4 is 5.91 Å². The number of likely N-dealkylation sites (tertiary alicyclic amines) is 1. The third-order valence-corrected chi connectivity index (χ3v) is 3.46. The van der Waals surface area contributed by atoms with Crippen LogP contribution in [0.2, 0.25) is 0 Å². The van der Waals surface area contributed by atoms with Crippen molar-refractivity contribution in [2.45, 2.75) is 25.9 Å². The summed E-state index contributed by atoms with van der Waals surface area (Å²) in [6.45, 7) is 3.05. The molecule has 1 saturated heterocycles. The lowest BCUT2D eigenvalue weighted by Crippen LogP contribution is -2.40. The van der Waals surface area contributed by atoms with Crippen LogP contribution >= 0.6 is 0 Å². The normalized spacial score (nSPS) is 18.7. The van der Waals surface area contributed by atoms with Gasteiger partial charge in [-0.15, -0.1) is 0 Å². The number of piperidine rings is 1. The van der Waals surface area contributed by atoms with Crippen LogP contribution in [0, 0.1) is 5.92 Å². The zero-order valence-corrected chi connectivity index (χ0v) is 10.3. The van der Waals surface area contributed by atoms with E-state index >= 15 is 0 Å². The van der Waals surface area contributed by atoms with Gasteiger partial charge in [0.1, 0.15) is 6.26 Å². The molecule has 2 heterocycles. The number of amides is 1. The van der Waals surface area contributed by atoms with Gasteiger partial charge in [0.05, 0.1) is 11.7 Å². The average molecular weight is 251 g/mol. The Morgan fingerprint density at radius 1 is 1.44 bits per heavy atom. The minimum absolute atomic E-state index is 0.122. The van der Waals surface area contributed by atoms with Gasteiger partial charge in [0.25, 0.3) is 5.91 Å². The van der Waals surface area contributed by atoms with E-state index in [1.807, 2.05) is 0 Å². The third kappa shape index (κ3) is 2.79. The minimum Gasteiger partial charge on any atom is -0.430 e. The Balaban J connectivity index is 1.99. The molecule has 0 radical (unpaired) electrons. The third-order valence-electron chi connectivity index (χ3n) is 3.46. The van der Waals surface area contributed by atoms with E-state index in [-0.39, 0.29) is 17.9 Å². The summed E-state index contributed by atoms with van der Waals surface area (Å²) in [7, 11) is 0. The summed E-state index contributed by atoms with van der Waals surface area (Å²) in [6.07, 6.45) is 2.49. The molecule has 1 aliphatic heterocycles. The Morgan fingerprint density at radius 3 is 2.61 bits per heavy atom. The number of nitrogens with zero attached hydrogens (tertiary/aromatic N) is 1. The lowest BCUT2D eigenvalue weighted by atomic mass is 9.92. The molecule has 2 rings (SSSR count). The van der Waals surface area contributed by atoms with E-state index in [9.17, 15) is 14.7 Å². The Hall–Kier alpha value is -1.62. The fraction of sp³-hybridized carbons (Fsp3) is 0.538. The molecule has 1 aromatic heterocycles. The molecule has 0 aliphatic carbocycles. The number of hydrogen-bond donors (Lipinski definition) is 1. The van der Waals surface area contributed by atoms with Crippen LogP contribution in [0.3, 0.4) is 0 Å². The smallest absolute Gasteiger partial charge is 0.335 e. The summed E-state index contributed by atoms with van der Waals surface area (Å²) < 4.78 is 4.69. The highest BCUT2D eigenvalue weighted by atomic mass is 16.4. The van der Waals surface area contributed by atoms with Crippen molar-refractivity contribution in [3.8, 4) is 0 Å². The number of aliphatic hydroxyl groups is 1. The van der Waals surface area contributed by atoms with Crippen LogP contribution in [-0.4, -0.2) is 35.1 Å². The molecule has 1 atom stereocenters. The molecule has 1 aromatic rings. The maximum absolute atomic E-state index is 12.1. The van der Waals surface area contributed by atoms with Gasteiger partial charge in [-0.25, -0.2) is 4.79 Å². The summed E-state index contributed by atoms with van der Waals surface area (Å²) in [4.78, 5) is 24.6. The highest BCUT2D eigenvalue weighted by Crippen LogP contribution is 2.21. The van der Waals surface area contributed by atoms with Crippen molar-refractivity contribution in [2.24, 2.45) is 5.92 Å². The summed E-state index contributed by atoms with van der Waals surface area (Å²) in [5.74, 6) is 0.144. The SMILES string of the molecule is CC(O)C1CCN(C(=O)c2ccc(=O)oc2)CC1. The van der Waals surface area contributed by atoms with E-state index in [0.717, 1.165) is 12.8 Å². The summed E-state index contributed by atoms with van der Waals surface area (Å²) in [6, 6.07) is 2.73. The fourth-order valence-electron chi connectivity index (χ4n) is 2.25. The molecule has 0 bridgehead atoms. The monoisotopic (exact) mass is 251 g/mol. The molecular weight excluding hydrogens is 234 g/mol.